The maximum Gasteiger partial charge on any atom is 0.269 e. The van der Waals surface area contributed by atoms with Crippen LogP contribution < -0.4 is 10.9 Å². The van der Waals surface area contributed by atoms with E-state index in [0.717, 1.165) is 19.3 Å². The highest BCUT2D eigenvalue weighted by Gasteiger charge is 2.26. The summed E-state index contributed by atoms with van der Waals surface area (Å²) in [5.74, 6) is -1.05. The van der Waals surface area contributed by atoms with Crippen LogP contribution in [0.4, 0.5) is 0 Å². The molecule has 10 heteroatoms. The van der Waals surface area contributed by atoms with E-state index in [1.165, 1.54) is 47.0 Å². The minimum absolute atomic E-state index is 0.0477. The number of hydrogen-bond acceptors (Lipinski definition) is 6. The van der Waals surface area contributed by atoms with E-state index in [4.69, 9.17) is 4.42 Å². The van der Waals surface area contributed by atoms with E-state index in [2.05, 4.69) is 10.9 Å². The Morgan fingerprint density at radius 3 is 2.59 bits per heavy atom. The SMILES string of the molecule is O=C(Cc1coc2cc(O)ccc12)NNC(=O)c1cccc(S(=O)(=O)N2CCCCC2)c1. The zero-order valence-corrected chi connectivity index (χ0v) is 18.0. The number of nitrogens with zero attached hydrogens (tertiary/aromatic N) is 1. The van der Waals surface area contributed by atoms with Crippen LogP contribution in [0.5, 0.6) is 5.75 Å². The molecule has 2 heterocycles. The van der Waals surface area contributed by atoms with Crippen molar-refractivity contribution in [2.75, 3.05) is 13.1 Å². The fourth-order valence-corrected chi connectivity index (χ4v) is 5.24. The van der Waals surface area contributed by atoms with Crippen molar-refractivity contribution in [1.82, 2.24) is 15.2 Å². The number of rotatable bonds is 5. The number of piperidine rings is 1. The molecule has 2 amide bonds. The van der Waals surface area contributed by atoms with Gasteiger partial charge in [-0.05, 0) is 43.2 Å². The van der Waals surface area contributed by atoms with Crippen molar-refractivity contribution in [1.29, 1.82) is 0 Å². The first-order valence-electron chi connectivity index (χ1n) is 10.2. The molecule has 2 aromatic carbocycles. The van der Waals surface area contributed by atoms with Crippen molar-refractivity contribution in [3.63, 3.8) is 0 Å². The largest absolute Gasteiger partial charge is 0.508 e. The molecule has 0 saturated carbocycles. The van der Waals surface area contributed by atoms with Crippen molar-refractivity contribution in [3.05, 3.63) is 59.9 Å². The minimum atomic E-state index is -3.67. The minimum Gasteiger partial charge on any atom is -0.508 e. The number of nitrogens with one attached hydrogen (secondary N) is 2. The van der Waals surface area contributed by atoms with Gasteiger partial charge in [0.2, 0.25) is 15.9 Å². The summed E-state index contributed by atoms with van der Waals surface area (Å²) in [6.07, 6.45) is 4.00. The average molecular weight is 458 g/mol. The highest BCUT2D eigenvalue weighted by molar-refractivity contribution is 7.89. The van der Waals surface area contributed by atoms with Crippen LogP contribution in [0.3, 0.4) is 0 Å². The molecule has 1 aliphatic rings. The van der Waals surface area contributed by atoms with E-state index in [1.54, 1.807) is 6.07 Å². The Hall–Kier alpha value is -3.37. The van der Waals surface area contributed by atoms with Gasteiger partial charge in [0.15, 0.2) is 0 Å². The molecular weight excluding hydrogens is 434 g/mol. The lowest BCUT2D eigenvalue weighted by atomic mass is 10.1. The highest BCUT2D eigenvalue weighted by Crippen LogP contribution is 2.25. The molecule has 168 valence electrons. The van der Waals surface area contributed by atoms with Crippen LogP contribution in [-0.4, -0.2) is 42.7 Å². The van der Waals surface area contributed by atoms with Gasteiger partial charge < -0.3 is 9.52 Å². The van der Waals surface area contributed by atoms with Crippen molar-refractivity contribution < 1.29 is 27.5 Å². The number of carbonyl (C=O) groups is 2. The topological polar surface area (TPSA) is 129 Å². The van der Waals surface area contributed by atoms with E-state index < -0.39 is 21.8 Å². The number of carbonyl (C=O) groups excluding carboxylic acids is 2. The molecule has 1 aliphatic heterocycles. The molecule has 0 bridgehead atoms. The molecule has 0 aliphatic carbocycles. The third-order valence-corrected chi connectivity index (χ3v) is 7.25. The van der Waals surface area contributed by atoms with Crippen LogP contribution in [0.15, 0.2) is 58.0 Å². The lowest BCUT2D eigenvalue weighted by Gasteiger charge is -2.26. The standard InChI is InChI=1S/C22H23N3O6S/c26-17-7-8-19-16(14-31-20(19)13-17)12-21(27)23-24-22(28)15-5-4-6-18(11-15)32(29,30)25-9-2-1-3-10-25/h4-8,11,13-14,26H,1-3,9-10,12H2,(H,23,27)(H,24,28). The van der Waals surface area contributed by atoms with E-state index in [-0.39, 0.29) is 22.6 Å². The Kier molecular flexibility index (Phi) is 6.15. The Morgan fingerprint density at radius 1 is 1.03 bits per heavy atom. The lowest BCUT2D eigenvalue weighted by molar-refractivity contribution is -0.121. The van der Waals surface area contributed by atoms with Gasteiger partial charge in [0.1, 0.15) is 11.3 Å². The predicted octanol–water partition coefficient (Wildman–Crippen LogP) is 2.32. The van der Waals surface area contributed by atoms with Gasteiger partial charge in [-0.1, -0.05) is 12.5 Å². The number of sulfonamides is 1. The Balaban J connectivity index is 1.39. The van der Waals surface area contributed by atoms with Crippen molar-refractivity contribution in [2.24, 2.45) is 0 Å². The lowest BCUT2D eigenvalue weighted by Crippen LogP contribution is -2.42. The number of hydrogen-bond donors (Lipinski definition) is 3. The first-order valence-corrected chi connectivity index (χ1v) is 11.7. The number of amides is 2. The number of fused-ring (bicyclic) bond motifs is 1. The number of aromatic hydroxyl groups is 1. The van der Waals surface area contributed by atoms with E-state index in [0.29, 0.717) is 29.6 Å². The fraction of sp³-hybridized carbons (Fsp3) is 0.273. The van der Waals surface area contributed by atoms with Gasteiger partial charge in [0, 0.05) is 35.7 Å². The van der Waals surface area contributed by atoms with Gasteiger partial charge in [-0.15, -0.1) is 0 Å². The summed E-state index contributed by atoms with van der Waals surface area (Å²) in [7, 11) is -3.67. The summed E-state index contributed by atoms with van der Waals surface area (Å²) in [6.45, 7) is 0.939. The molecule has 3 N–H and O–H groups in total. The highest BCUT2D eigenvalue weighted by atomic mass is 32.2. The van der Waals surface area contributed by atoms with Gasteiger partial charge in [-0.25, -0.2) is 8.42 Å². The molecule has 0 radical (unpaired) electrons. The second kappa shape index (κ2) is 9.01. The normalized spacial score (nSPS) is 14.9. The zero-order valence-electron chi connectivity index (χ0n) is 17.2. The average Bonchev–Trinajstić information content (AvgIpc) is 3.19. The number of benzene rings is 2. The number of furan rings is 1. The quantitative estimate of drug-likeness (QED) is 0.504. The van der Waals surface area contributed by atoms with Crippen LogP contribution >= 0.6 is 0 Å². The smallest absolute Gasteiger partial charge is 0.269 e. The van der Waals surface area contributed by atoms with E-state index in [1.807, 2.05) is 0 Å². The molecule has 1 saturated heterocycles. The Labute approximate surface area is 185 Å². The summed E-state index contributed by atoms with van der Waals surface area (Å²) < 4.78 is 32.4. The van der Waals surface area contributed by atoms with Gasteiger partial charge >= 0.3 is 0 Å². The van der Waals surface area contributed by atoms with Crippen molar-refractivity contribution >= 4 is 32.8 Å². The molecule has 9 nitrogen and oxygen atoms in total. The summed E-state index contributed by atoms with van der Waals surface area (Å²) in [6, 6.07) is 10.3. The Morgan fingerprint density at radius 2 is 1.81 bits per heavy atom. The molecule has 0 spiro atoms. The third-order valence-electron chi connectivity index (χ3n) is 5.35. The maximum atomic E-state index is 12.8. The van der Waals surface area contributed by atoms with Crippen LogP contribution in [-0.2, 0) is 21.2 Å². The Bertz CT molecular complexity index is 1260. The summed E-state index contributed by atoms with van der Waals surface area (Å²) in [4.78, 5) is 24.8. The second-order valence-electron chi connectivity index (χ2n) is 7.61. The van der Waals surface area contributed by atoms with Crippen molar-refractivity contribution in [3.8, 4) is 5.75 Å². The zero-order chi connectivity index (χ0) is 22.7. The van der Waals surface area contributed by atoms with E-state index >= 15 is 0 Å². The van der Waals surface area contributed by atoms with Crippen molar-refractivity contribution in [2.45, 2.75) is 30.6 Å². The molecule has 1 aromatic heterocycles. The molecule has 0 atom stereocenters. The van der Waals surface area contributed by atoms with Gasteiger partial charge in [-0.2, -0.15) is 4.31 Å². The number of hydrazine groups is 1. The molecule has 3 aromatic rings. The summed E-state index contributed by atoms with van der Waals surface area (Å²) >= 11 is 0. The molecule has 32 heavy (non-hydrogen) atoms. The fourth-order valence-electron chi connectivity index (χ4n) is 3.68. The maximum absolute atomic E-state index is 12.8. The van der Waals surface area contributed by atoms with Crippen LogP contribution in [0.25, 0.3) is 11.0 Å². The van der Waals surface area contributed by atoms with Gasteiger partial charge in [-0.3, -0.25) is 20.4 Å². The number of phenolic OH excluding ortho intramolecular Hbond substituents is 1. The summed E-state index contributed by atoms with van der Waals surface area (Å²) in [5.41, 5.74) is 5.80. The van der Waals surface area contributed by atoms with Crippen LogP contribution in [0.2, 0.25) is 0 Å². The first kappa shape index (κ1) is 21.8. The molecular formula is C22H23N3O6S. The van der Waals surface area contributed by atoms with E-state index in [9.17, 15) is 23.1 Å². The monoisotopic (exact) mass is 457 g/mol. The summed E-state index contributed by atoms with van der Waals surface area (Å²) in [5, 5.41) is 10.2. The van der Waals surface area contributed by atoms with Crippen LogP contribution in [0.1, 0.15) is 35.2 Å². The van der Waals surface area contributed by atoms with Crippen LogP contribution in [0, 0.1) is 0 Å². The molecule has 4 rings (SSSR count). The van der Waals surface area contributed by atoms with Gasteiger partial charge in [0.25, 0.3) is 5.91 Å². The second-order valence-corrected chi connectivity index (χ2v) is 9.55. The van der Waals surface area contributed by atoms with Gasteiger partial charge in [0.05, 0.1) is 17.6 Å². The predicted molar refractivity (Wildman–Crippen MR) is 116 cm³/mol. The molecule has 1 fully saturated rings. The first-order chi connectivity index (χ1) is 15.3. The number of phenols is 1. The molecule has 0 unspecified atom stereocenters. The third kappa shape index (κ3) is 4.61.